The van der Waals surface area contributed by atoms with Crippen molar-refractivity contribution in [2.75, 3.05) is 31.9 Å². The standard InChI is InChI=1S/C33H32N6O2S/c1-23-12-14-26(15-13-23)39-31-28(21-34-39)32(41)38-27(22-42-33(38)35-31)20-29(40)36-16-18-37(19-17-36)30(24-8-4-2-5-9-24)25-10-6-3-7-11-25/h2-15,21,27,30H,16-20,22H2,1H3. The molecule has 212 valence electrons. The molecule has 1 unspecified atom stereocenters. The summed E-state index contributed by atoms with van der Waals surface area (Å²) in [4.78, 5) is 36.4. The van der Waals surface area contributed by atoms with Crippen molar-refractivity contribution in [3.05, 3.63) is 118 Å². The SMILES string of the molecule is Cc1ccc(-n2ncc3c(=O)n4c(nc32)SCC4CC(=O)N2CCN(C(c3ccccc3)c3ccccc3)CC2)cc1. The second kappa shape index (κ2) is 11.2. The lowest BCUT2D eigenvalue weighted by molar-refractivity contribution is -0.133. The number of hydrogen-bond acceptors (Lipinski definition) is 6. The zero-order valence-corrected chi connectivity index (χ0v) is 24.3. The molecule has 2 aliphatic rings. The minimum absolute atomic E-state index is 0.0893. The average molecular weight is 577 g/mol. The minimum atomic E-state index is -0.218. The summed E-state index contributed by atoms with van der Waals surface area (Å²) in [6.07, 6.45) is 1.88. The van der Waals surface area contributed by atoms with E-state index in [1.54, 1.807) is 15.4 Å². The third-order valence-electron chi connectivity index (χ3n) is 8.32. The number of fused-ring (bicyclic) bond motifs is 2. The van der Waals surface area contributed by atoms with Gasteiger partial charge >= 0.3 is 0 Å². The van der Waals surface area contributed by atoms with E-state index >= 15 is 0 Å². The maximum Gasteiger partial charge on any atom is 0.265 e. The van der Waals surface area contributed by atoms with Gasteiger partial charge in [0.25, 0.3) is 5.56 Å². The van der Waals surface area contributed by atoms with E-state index in [4.69, 9.17) is 4.98 Å². The van der Waals surface area contributed by atoms with Gasteiger partial charge in [0, 0.05) is 38.4 Å². The van der Waals surface area contributed by atoms with Crippen LogP contribution in [0.5, 0.6) is 0 Å². The van der Waals surface area contributed by atoms with Crippen LogP contribution in [0.4, 0.5) is 0 Å². The molecule has 5 aromatic rings. The summed E-state index contributed by atoms with van der Waals surface area (Å²) in [5, 5.41) is 5.60. The second-order valence-corrected chi connectivity index (χ2v) is 12.0. The predicted octanol–water partition coefficient (Wildman–Crippen LogP) is 4.86. The van der Waals surface area contributed by atoms with Crippen molar-refractivity contribution in [3.8, 4) is 5.69 Å². The highest BCUT2D eigenvalue weighted by Crippen LogP contribution is 2.34. The summed E-state index contributed by atoms with van der Waals surface area (Å²) < 4.78 is 3.43. The number of hydrogen-bond donors (Lipinski definition) is 0. The lowest BCUT2D eigenvalue weighted by Crippen LogP contribution is -2.50. The van der Waals surface area contributed by atoms with Gasteiger partial charge in [-0.2, -0.15) is 5.10 Å². The van der Waals surface area contributed by atoms with Crippen LogP contribution in [0, 0.1) is 6.92 Å². The molecule has 1 atom stereocenters. The molecule has 0 N–H and O–H groups in total. The van der Waals surface area contributed by atoms with E-state index in [9.17, 15) is 9.59 Å². The fourth-order valence-corrected chi connectivity index (χ4v) is 7.23. The van der Waals surface area contributed by atoms with E-state index in [1.165, 1.54) is 22.9 Å². The molecule has 2 aromatic heterocycles. The number of aryl methyl sites for hydroxylation is 1. The molecule has 8 nitrogen and oxygen atoms in total. The van der Waals surface area contributed by atoms with Gasteiger partial charge in [0.2, 0.25) is 5.91 Å². The van der Waals surface area contributed by atoms with Crippen LogP contribution in [0.3, 0.4) is 0 Å². The summed E-state index contributed by atoms with van der Waals surface area (Å²) in [5.41, 5.74) is 4.95. The summed E-state index contributed by atoms with van der Waals surface area (Å²) >= 11 is 1.53. The molecule has 9 heteroatoms. The third-order valence-corrected chi connectivity index (χ3v) is 9.42. The van der Waals surface area contributed by atoms with Gasteiger partial charge < -0.3 is 4.90 Å². The smallest absolute Gasteiger partial charge is 0.265 e. The third kappa shape index (κ3) is 4.92. The van der Waals surface area contributed by atoms with Gasteiger partial charge in [-0.15, -0.1) is 0 Å². The van der Waals surface area contributed by atoms with Gasteiger partial charge in [0.05, 0.1) is 24.0 Å². The lowest BCUT2D eigenvalue weighted by atomic mass is 9.96. The Bertz CT molecular complexity index is 1740. The fraction of sp³-hybridized carbons (Fsp3) is 0.273. The maximum atomic E-state index is 13.6. The number of carbonyl (C=O) groups is 1. The maximum absolute atomic E-state index is 13.6. The van der Waals surface area contributed by atoms with E-state index in [-0.39, 0.29) is 23.6 Å². The van der Waals surface area contributed by atoms with E-state index in [0.29, 0.717) is 41.5 Å². The van der Waals surface area contributed by atoms with Gasteiger partial charge in [0.15, 0.2) is 10.8 Å². The quantitative estimate of drug-likeness (QED) is 0.269. The fourth-order valence-electron chi connectivity index (χ4n) is 6.10. The zero-order valence-electron chi connectivity index (χ0n) is 23.5. The van der Waals surface area contributed by atoms with Crippen molar-refractivity contribution in [1.29, 1.82) is 0 Å². The minimum Gasteiger partial charge on any atom is -0.340 e. The molecule has 1 fully saturated rings. The number of nitrogens with zero attached hydrogens (tertiary/aromatic N) is 6. The highest BCUT2D eigenvalue weighted by atomic mass is 32.2. The van der Waals surface area contributed by atoms with Crippen LogP contribution in [0.25, 0.3) is 16.7 Å². The Labute approximate surface area is 248 Å². The first-order valence-electron chi connectivity index (χ1n) is 14.4. The van der Waals surface area contributed by atoms with Crippen molar-refractivity contribution >= 4 is 28.7 Å². The van der Waals surface area contributed by atoms with Gasteiger partial charge in [0.1, 0.15) is 5.39 Å². The Morgan fingerprint density at radius 3 is 2.19 bits per heavy atom. The van der Waals surface area contributed by atoms with Crippen molar-refractivity contribution < 1.29 is 4.79 Å². The molecule has 0 aliphatic carbocycles. The van der Waals surface area contributed by atoms with E-state index < -0.39 is 0 Å². The number of thioether (sulfide) groups is 1. The zero-order chi connectivity index (χ0) is 28.6. The highest BCUT2D eigenvalue weighted by molar-refractivity contribution is 7.99. The highest BCUT2D eigenvalue weighted by Gasteiger charge is 2.33. The molecular weight excluding hydrogens is 544 g/mol. The Morgan fingerprint density at radius 2 is 1.55 bits per heavy atom. The molecule has 2 aliphatic heterocycles. The number of aromatic nitrogens is 4. The number of benzene rings is 3. The lowest BCUT2D eigenvalue weighted by Gasteiger charge is -2.40. The van der Waals surface area contributed by atoms with Gasteiger partial charge in [-0.3, -0.25) is 19.1 Å². The Morgan fingerprint density at radius 1 is 0.905 bits per heavy atom. The molecule has 0 radical (unpaired) electrons. The Kier molecular flexibility index (Phi) is 7.13. The number of carbonyl (C=O) groups excluding carboxylic acids is 1. The molecule has 1 amide bonds. The van der Waals surface area contributed by atoms with Crippen LogP contribution in [0.1, 0.15) is 35.2 Å². The number of piperazine rings is 1. The normalized spacial score (nSPS) is 17.2. The first-order chi connectivity index (χ1) is 20.6. The van der Waals surface area contributed by atoms with Crippen LogP contribution >= 0.6 is 11.8 Å². The molecule has 0 bridgehead atoms. The average Bonchev–Trinajstić information content (AvgIpc) is 3.64. The molecular formula is C33H32N6O2S. The molecule has 4 heterocycles. The summed E-state index contributed by atoms with van der Waals surface area (Å²) in [6.45, 7) is 4.94. The van der Waals surface area contributed by atoms with Crippen LogP contribution in [-0.2, 0) is 4.79 Å². The van der Waals surface area contributed by atoms with Crippen LogP contribution < -0.4 is 5.56 Å². The summed E-state index contributed by atoms with van der Waals surface area (Å²) in [7, 11) is 0. The molecule has 3 aromatic carbocycles. The van der Waals surface area contributed by atoms with E-state index in [1.807, 2.05) is 48.2 Å². The van der Waals surface area contributed by atoms with Crippen molar-refractivity contribution in [2.24, 2.45) is 0 Å². The molecule has 42 heavy (non-hydrogen) atoms. The van der Waals surface area contributed by atoms with Gasteiger partial charge in [-0.1, -0.05) is 90.1 Å². The topological polar surface area (TPSA) is 76.3 Å². The van der Waals surface area contributed by atoms with Gasteiger partial charge in [-0.05, 0) is 30.2 Å². The van der Waals surface area contributed by atoms with Crippen LogP contribution in [-0.4, -0.2) is 67.0 Å². The first-order valence-corrected chi connectivity index (χ1v) is 15.4. The van der Waals surface area contributed by atoms with Crippen molar-refractivity contribution in [1.82, 2.24) is 29.1 Å². The molecule has 0 spiro atoms. The van der Waals surface area contributed by atoms with Gasteiger partial charge in [-0.25, -0.2) is 9.67 Å². The molecule has 0 saturated carbocycles. The van der Waals surface area contributed by atoms with E-state index in [2.05, 4.69) is 58.5 Å². The monoisotopic (exact) mass is 576 g/mol. The predicted molar refractivity (Wildman–Crippen MR) is 165 cm³/mol. The summed E-state index contributed by atoms with van der Waals surface area (Å²) in [5.74, 6) is 0.745. The number of amides is 1. The van der Waals surface area contributed by atoms with Crippen molar-refractivity contribution in [3.63, 3.8) is 0 Å². The molecule has 7 rings (SSSR count). The Balaban J connectivity index is 1.06. The Hall–Kier alpha value is -4.21. The number of rotatable bonds is 6. The molecule has 1 saturated heterocycles. The second-order valence-electron chi connectivity index (χ2n) is 11.0. The summed E-state index contributed by atoms with van der Waals surface area (Å²) in [6, 6.07) is 29.1. The van der Waals surface area contributed by atoms with E-state index in [0.717, 1.165) is 24.3 Å². The van der Waals surface area contributed by atoms with Crippen LogP contribution in [0.15, 0.2) is 101 Å². The largest absolute Gasteiger partial charge is 0.340 e. The van der Waals surface area contributed by atoms with Crippen LogP contribution in [0.2, 0.25) is 0 Å². The first kappa shape index (κ1) is 26.7. The van der Waals surface area contributed by atoms with Crippen molar-refractivity contribution in [2.45, 2.75) is 30.6 Å².